The monoisotopic (exact) mass is 234 g/mol. The minimum Gasteiger partial charge on any atom is -0.370 e. The highest BCUT2D eigenvalue weighted by atomic mass is 15.3. The van der Waals surface area contributed by atoms with Crippen LogP contribution in [0.3, 0.4) is 0 Å². The summed E-state index contributed by atoms with van der Waals surface area (Å²) in [5.41, 5.74) is 1.27. The van der Waals surface area contributed by atoms with Crippen molar-refractivity contribution < 1.29 is 0 Å². The fourth-order valence-corrected chi connectivity index (χ4v) is 2.18. The Hall–Kier alpha value is -1.29. The molecule has 0 bridgehead atoms. The van der Waals surface area contributed by atoms with Gasteiger partial charge in [-0.1, -0.05) is 0 Å². The number of likely N-dealkylation sites (N-methyl/N-ethyl adjacent to an activating group) is 1. The van der Waals surface area contributed by atoms with Crippen LogP contribution in [0.4, 0.5) is 11.5 Å². The van der Waals surface area contributed by atoms with E-state index < -0.39 is 0 Å². The molecule has 0 aliphatic carbocycles. The third kappa shape index (κ3) is 2.88. The molecule has 4 nitrogen and oxygen atoms in total. The van der Waals surface area contributed by atoms with Crippen molar-refractivity contribution in [3.8, 4) is 0 Å². The second kappa shape index (κ2) is 5.36. The van der Waals surface area contributed by atoms with E-state index in [4.69, 9.17) is 0 Å². The summed E-state index contributed by atoms with van der Waals surface area (Å²) in [6, 6.07) is 4.85. The van der Waals surface area contributed by atoms with Crippen molar-refractivity contribution in [3.63, 3.8) is 0 Å². The molecule has 1 aliphatic heterocycles. The third-order valence-electron chi connectivity index (χ3n) is 3.43. The first-order chi connectivity index (χ1) is 8.20. The maximum atomic E-state index is 4.31. The van der Waals surface area contributed by atoms with Gasteiger partial charge in [0, 0.05) is 50.2 Å². The van der Waals surface area contributed by atoms with Crippen LogP contribution in [0.5, 0.6) is 0 Å². The SMILES string of the molecule is CCNc1cc(N2CCN(C)C(C)C2)ccn1. The predicted molar refractivity (Wildman–Crippen MR) is 72.7 cm³/mol. The van der Waals surface area contributed by atoms with Crippen LogP contribution in [-0.4, -0.2) is 49.2 Å². The molecule has 1 aromatic heterocycles. The molecule has 0 saturated carbocycles. The molecule has 4 heteroatoms. The second-order valence-electron chi connectivity index (χ2n) is 4.71. The summed E-state index contributed by atoms with van der Waals surface area (Å²) in [6.07, 6.45) is 1.89. The lowest BCUT2D eigenvalue weighted by molar-refractivity contribution is 0.234. The van der Waals surface area contributed by atoms with Crippen LogP contribution < -0.4 is 10.2 Å². The van der Waals surface area contributed by atoms with E-state index >= 15 is 0 Å². The van der Waals surface area contributed by atoms with Gasteiger partial charge in [-0.2, -0.15) is 0 Å². The Balaban J connectivity index is 2.09. The molecule has 0 aromatic carbocycles. The molecule has 0 radical (unpaired) electrons. The Morgan fingerprint density at radius 3 is 3.00 bits per heavy atom. The molecule has 0 spiro atoms. The first-order valence-electron chi connectivity index (χ1n) is 6.36. The van der Waals surface area contributed by atoms with Crippen molar-refractivity contribution in [2.75, 3.05) is 43.4 Å². The van der Waals surface area contributed by atoms with Crippen LogP contribution >= 0.6 is 0 Å². The number of piperazine rings is 1. The highest BCUT2D eigenvalue weighted by Gasteiger charge is 2.20. The molecule has 94 valence electrons. The van der Waals surface area contributed by atoms with E-state index in [0.29, 0.717) is 6.04 Å². The zero-order chi connectivity index (χ0) is 12.3. The van der Waals surface area contributed by atoms with Crippen LogP contribution in [0, 0.1) is 0 Å². The van der Waals surface area contributed by atoms with Gasteiger partial charge >= 0.3 is 0 Å². The van der Waals surface area contributed by atoms with E-state index in [9.17, 15) is 0 Å². The van der Waals surface area contributed by atoms with E-state index in [1.807, 2.05) is 6.20 Å². The van der Waals surface area contributed by atoms with Crippen molar-refractivity contribution in [1.29, 1.82) is 0 Å². The molecule has 1 aromatic rings. The van der Waals surface area contributed by atoms with Crippen LogP contribution in [0.15, 0.2) is 18.3 Å². The number of hydrogen-bond acceptors (Lipinski definition) is 4. The van der Waals surface area contributed by atoms with Crippen molar-refractivity contribution in [2.45, 2.75) is 19.9 Å². The van der Waals surface area contributed by atoms with Crippen LogP contribution in [-0.2, 0) is 0 Å². The smallest absolute Gasteiger partial charge is 0.127 e. The largest absolute Gasteiger partial charge is 0.370 e. The molecule has 1 unspecified atom stereocenters. The normalized spacial score (nSPS) is 21.6. The highest BCUT2D eigenvalue weighted by Crippen LogP contribution is 2.20. The van der Waals surface area contributed by atoms with E-state index in [1.165, 1.54) is 5.69 Å². The Kier molecular flexibility index (Phi) is 3.84. The maximum absolute atomic E-state index is 4.31. The van der Waals surface area contributed by atoms with Crippen LogP contribution in [0.2, 0.25) is 0 Å². The second-order valence-corrected chi connectivity index (χ2v) is 4.71. The fraction of sp³-hybridized carbons (Fsp3) is 0.615. The molecule has 17 heavy (non-hydrogen) atoms. The van der Waals surface area contributed by atoms with Gasteiger partial charge in [-0.15, -0.1) is 0 Å². The van der Waals surface area contributed by atoms with E-state index in [2.05, 4.69) is 53.1 Å². The average Bonchev–Trinajstić information content (AvgIpc) is 2.33. The first kappa shape index (κ1) is 12.2. The summed E-state index contributed by atoms with van der Waals surface area (Å²) >= 11 is 0. The minimum atomic E-state index is 0.611. The van der Waals surface area contributed by atoms with Gasteiger partial charge in [0.05, 0.1) is 0 Å². The van der Waals surface area contributed by atoms with E-state index in [0.717, 1.165) is 32.0 Å². The Bertz CT molecular complexity index is 366. The quantitative estimate of drug-likeness (QED) is 0.862. The van der Waals surface area contributed by atoms with Gasteiger partial charge in [0.2, 0.25) is 0 Å². The number of nitrogens with one attached hydrogen (secondary N) is 1. The molecule has 1 N–H and O–H groups in total. The zero-order valence-corrected chi connectivity index (χ0v) is 11.0. The maximum Gasteiger partial charge on any atom is 0.127 e. The van der Waals surface area contributed by atoms with Gasteiger partial charge in [0.15, 0.2) is 0 Å². The van der Waals surface area contributed by atoms with Crippen molar-refractivity contribution in [3.05, 3.63) is 18.3 Å². The standard InChI is InChI=1S/C13H22N4/c1-4-14-13-9-12(5-6-15-13)17-8-7-16(3)11(2)10-17/h5-6,9,11H,4,7-8,10H2,1-3H3,(H,14,15). The van der Waals surface area contributed by atoms with Crippen LogP contribution in [0.1, 0.15) is 13.8 Å². The van der Waals surface area contributed by atoms with E-state index in [1.54, 1.807) is 0 Å². The molecule has 2 rings (SSSR count). The van der Waals surface area contributed by atoms with Crippen LogP contribution in [0.25, 0.3) is 0 Å². The predicted octanol–water partition coefficient (Wildman–Crippen LogP) is 1.65. The molecule has 1 aliphatic rings. The first-order valence-corrected chi connectivity index (χ1v) is 6.36. The molecule has 1 atom stereocenters. The van der Waals surface area contributed by atoms with Gasteiger partial charge in [0.1, 0.15) is 5.82 Å². The lowest BCUT2D eigenvalue weighted by Gasteiger charge is -2.39. The fourth-order valence-electron chi connectivity index (χ4n) is 2.18. The summed E-state index contributed by atoms with van der Waals surface area (Å²) in [5, 5.41) is 3.26. The molecule has 0 amide bonds. The van der Waals surface area contributed by atoms with Gasteiger partial charge < -0.3 is 15.1 Å². The minimum absolute atomic E-state index is 0.611. The number of nitrogens with zero attached hydrogens (tertiary/aromatic N) is 3. The summed E-state index contributed by atoms with van der Waals surface area (Å²) < 4.78 is 0. The summed E-state index contributed by atoms with van der Waals surface area (Å²) in [4.78, 5) is 9.15. The van der Waals surface area contributed by atoms with Crippen molar-refractivity contribution >= 4 is 11.5 Å². The molecular formula is C13H22N4. The Labute approximate surface area is 104 Å². The van der Waals surface area contributed by atoms with Gasteiger partial charge in [0.25, 0.3) is 0 Å². The average molecular weight is 234 g/mol. The zero-order valence-electron chi connectivity index (χ0n) is 11.0. The lowest BCUT2D eigenvalue weighted by atomic mass is 10.2. The van der Waals surface area contributed by atoms with Gasteiger partial charge in [-0.05, 0) is 27.0 Å². The van der Waals surface area contributed by atoms with Gasteiger partial charge in [-0.25, -0.2) is 4.98 Å². The number of aromatic nitrogens is 1. The highest BCUT2D eigenvalue weighted by molar-refractivity contribution is 5.54. The third-order valence-corrected chi connectivity index (χ3v) is 3.43. The molecule has 2 heterocycles. The number of pyridine rings is 1. The molecular weight excluding hydrogens is 212 g/mol. The Morgan fingerprint density at radius 2 is 2.29 bits per heavy atom. The lowest BCUT2D eigenvalue weighted by Crippen LogP contribution is -2.50. The number of hydrogen-bond donors (Lipinski definition) is 1. The number of anilines is 2. The van der Waals surface area contributed by atoms with Crippen molar-refractivity contribution in [1.82, 2.24) is 9.88 Å². The summed E-state index contributed by atoms with van der Waals surface area (Å²) in [5.74, 6) is 0.969. The molecule has 1 saturated heterocycles. The molecule has 1 fully saturated rings. The number of rotatable bonds is 3. The van der Waals surface area contributed by atoms with E-state index in [-0.39, 0.29) is 0 Å². The Morgan fingerprint density at radius 1 is 1.47 bits per heavy atom. The topological polar surface area (TPSA) is 31.4 Å². The van der Waals surface area contributed by atoms with Crippen molar-refractivity contribution in [2.24, 2.45) is 0 Å². The summed E-state index contributed by atoms with van der Waals surface area (Å²) in [7, 11) is 2.19. The van der Waals surface area contributed by atoms with Gasteiger partial charge in [-0.3, -0.25) is 0 Å². The summed E-state index contributed by atoms with van der Waals surface area (Å²) in [6.45, 7) is 8.59.